The van der Waals surface area contributed by atoms with Crippen molar-refractivity contribution < 1.29 is 14.3 Å². The summed E-state index contributed by atoms with van der Waals surface area (Å²) in [5, 5.41) is 0. The first-order valence-corrected chi connectivity index (χ1v) is 9.18. The zero-order valence-electron chi connectivity index (χ0n) is 15.4. The maximum atomic E-state index is 13.1. The molecule has 2 aliphatic rings. The lowest BCUT2D eigenvalue weighted by Crippen LogP contribution is -2.46. The Balaban J connectivity index is 1.73. The molecule has 2 atom stereocenters. The average molecular weight is 347 g/mol. The van der Waals surface area contributed by atoms with Crippen molar-refractivity contribution in [2.45, 2.75) is 63.7 Å². The molecule has 1 saturated carbocycles. The average Bonchev–Trinajstić information content (AvgIpc) is 3.37. The van der Waals surface area contributed by atoms with Crippen LogP contribution in [0.2, 0.25) is 0 Å². The molecule has 6 heteroatoms. The van der Waals surface area contributed by atoms with E-state index >= 15 is 0 Å². The zero-order chi connectivity index (χ0) is 17.8. The van der Waals surface area contributed by atoms with Gasteiger partial charge in [0.05, 0.1) is 14.2 Å². The maximum Gasteiger partial charge on any atom is 0.241 e. The SMILES string of the molecule is CCCC1CC(C(=O)N(Cc2cc(OC)ccc2OC)C2CC2)NN1. The van der Waals surface area contributed by atoms with Crippen LogP contribution in [0.1, 0.15) is 44.6 Å². The monoisotopic (exact) mass is 347 g/mol. The highest BCUT2D eigenvalue weighted by atomic mass is 16.5. The van der Waals surface area contributed by atoms with E-state index in [9.17, 15) is 4.79 Å². The van der Waals surface area contributed by atoms with Gasteiger partial charge in [0, 0.05) is 24.2 Å². The first kappa shape index (κ1) is 18.0. The summed E-state index contributed by atoms with van der Waals surface area (Å²) in [5.74, 6) is 1.75. The second-order valence-electron chi connectivity index (χ2n) is 6.94. The van der Waals surface area contributed by atoms with Crippen LogP contribution in [0.4, 0.5) is 0 Å². The minimum Gasteiger partial charge on any atom is -0.497 e. The lowest BCUT2D eigenvalue weighted by Gasteiger charge is -2.26. The van der Waals surface area contributed by atoms with Crippen molar-refractivity contribution in [3.63, 3.8) is 0 Å². The van der Waals surface area contributed by atoms with E-state index < -0.39 is 0 Å². The molecule has 1 aromatic rings. The zero-order valence-corrected chi connectivity index (χ0v) is 15.4. The van der Waals surface area contributed by atoms with E-state index in [-0.39, 0.29) is 11.9 Å². The number of carbonyl (C=O) groups excluding carboxylic acids is 1. The summed E-state index contributed by atoms with van der Waals surface area (Å²) in [7, 11) is 3.31. The summed E-state index contributed by atoms with van der Waals surface area (Å²) < 4.78 is 10.8. The van der Waals surface area contributed by atoms with E-state index in [4.69, 9.17) is 9.47 Å². The molecule has 1 heterocycles. The van der Waals surface area contributed by atoms with Gasteiger partial charge in [0.25, 0.3) is 0 Å². The molecule has 1 amide bonds. The van der Waals surface area contributed by atoms with Crippen molar-refractivity contribution in [2.75, 3.05) is 14.2 Å². The smallest absolute Gasteiger partial charge is 0.241 e. The van der Waals surface area contributed by atoms with Gasteiger partial charge in [-0.2, -0.15) is 0 Å². The van der Waals surface area contributed by atoms with E-state index in [1.54, 1.807) is 14.2 Å². The Morgan fingerprint density at radius 1 is 1.24 bits per heavy atom. The van der Waals surface area contributed by atoms with Crippen LogP contribution >= 0.6 is 0 Å². The highest BCUT2D eigenvalue weighted by Crippen LogP contribution is 2.33. The molecule has 1 aliphatic heterocycles. The Kier molecular flexibility index (Phi) is 5.81. The quantitative estimate of drug-likeness (QED) is 0.755. The van der Waals surface area contributed by atoms with Gasteiger partial charge in [-0.15, -0.1) is 0 Å². The normalized spacial score (nSPS) is 22.7. The summed E-state index contributed by atoms with van der Waals surface area (Å²) in [6, 6.07) is 6.32. The summed E-state index contributed by atoms with van der Waals surface area (Å²) >= 11 is 0. The fourth-order valence-electron chi connectivity index (χ4n) is 3.48. The lowest BCUT2D eigenvalue weighted by atomic mass is 10.0. The van der Waals surface area contributed by atoms with Crippen molar-refractivity contribution in [3.05, 3.63) is 23.8 Å². The second-order valence-corrected chi connectivity index (χ2v) is 6.94. The number of hydrogen-bond donors (Lipinski definition) is 2. The lowest BCUT2D eigenvalue weighted by molar-refractivity contribution is -0.134. The summed E-state index contributed by atoms with van der Waals surface area (Å²) in [6.45, 7) is 2.73. The molecule has 0 bridgehead atoms. The van der Waals surface area contributed by atoms with Gasteiger partial charge < -0.3 is 14.4 Å². The Morgan fingerprint density at radius 3 is 2.68 bits per heavy atom. The number of hydrazine groups is 1. The fraction of sp³-hybridized carbons (Fsp3) is 0.632. The highest BCUT2D eigenvalue weighted by Gasteiger charge is 2.38. The van der Waals surface area contributed by atoms with Gasteiger partial charge in [0.1, 0.15) is 17.5 Å². The number of amides is 1. The molecule has 6 nitrogen and oxygen atoms in total. The van der Waals surface area contributed by atoms with E-state index in [1.807, 2.05) is 23.1 Å². The number of rotatable bonds is 8. The van der Waals surface area contributed by atoms with E-state index in [2.05, 4.69) is 17.8 Å². The van der Waals surface area contributed by atoms with E-state index in [1.165, 1.54) is 0 Å². The molecule has 3 rings (SSSR count). The van der Waals surface area contributed by atoms with Gasteiger partial charge in [-0.1, -0.05) is 13.3 Å². The first-order chi connectivity index (χ1) is 12.2. The predicted octanol–water partition coefficient (Wildman–Crippen LogP) is 2.23. The Hall–Kier alpha value is -1.79. The molecule has 0 spiro atoms. The summed E-state index contributed by atoms with van der Waals surface area (Å²) in [5.41, 5.74) is 7.44. The van der Waals surface area contributed by atoms with Crippen molar-refractivity contribution in [1.82, 2.24) is 15.8 Å². The van der Waals surface area contributed by atoms with Crippen molar-refractivity contribution in [1.29, 1.82) is 0 Å². The van der Waals surface area contributed by atoms with Crippen LogP contribution in [0.5, 0.6) is 11.5 Å². The third-order valence-electron chi connectivity index (χ3n) is 5.02. The second kappa shape index (κ2) is 8.06. The molecule has 0 radical (unpaired) electrons. The van der Waals surface area contributed by atoms with Gasteiger partial charge in [0.15, 0.2) is 0 Å². The van der Waals surface area contributed by atoms with Gasteiger partial charge in [-0.05, 0) is 43.9 Å². The van der Waals surface area contributed by atoms with Crippen LogP contribution in [0, 0.1) is 0 Å². The summed E-state index contributed by atoms with van der Waals surface area (Å²) in [6.07, 6.45) is 5.22. The number of benzene rings is 1. The molecule has 1 aromatic carbocycles. The minimum absolute atomic E-state index is 0.145. The van der Waals surface area contributed by atoms with Gasteiger partial charge >= 0.3 is 0 Å². The number of nitrogens with zero attached hydrogens (tertiary/aromatic N) is 1. The first-order valence-electron chi connectivity index (χ1n) is 9.18. The van der Waals surface area contributed by atoms with Gasteiger partial charge in [-0.3, -0.25) is 10.2 Å². The molecule has 0 aromatic heterocycles. The molecule has 2 N–H and O–H groups in total. The molecule has 1 aliphatic carbocycles. The Bertz CT molecular complexity index is 604. The summed E-state index contributed by atoms with van der Waals surface area (Å²) in [4.78, 5) is 15.1. The fourth-order valence-corrected chi connectivity index (χ4v) is 3.48. The molecule has 2 unspecified atom stereocenters. The molecule has 2 fully saturated rings. The van der Waals surface area contributed by atoms with Crippen molar-refractivity contribution in [2.24, 2.45) is 0 Å². The largest absolute Gasteiger partial charge is 0.497 e. The van der Waals surface area contributed by atoms with Gasteiger partial charge in [-0.25, -0.2) is 5.43 Å². The number of ether oxygens (including phenoxy) is 2. The number of nitrogens with one attached hydrogen (secondary N) is 2. The Morgan fingerprint density at radius 2 is 2.04 bits per heavy atom. The van der Waals surface area contributed by atoms with Crippen LogP contribution in [-0.4, -0.2) is 43.2 Å². The standard InChI is InChI=1S/C19H29N3O3/c1-4-5-14-11-17(21-20-14)19(23)22(15-6-7-15)12-13-10-16(24-2)8-9-18(13)25-3/h8-10,14-15,17,20-21H,4-7,11-12H2,1-3H3. The molecule has 1 saturated heterocycles. The maximum absolute atomic E-state index is 13.1. The number of methoxy groups -OCH3 is 2. The topological polar surface area (TPSA) is 62.8 Å². The van der Waals surface area contributed by atoms with Crippen LogP contribution in [0.25, 0.3) is 0 Å². The van der Waals surface area contributed by atoms with Crippen LogP contribution in [0.15, 0.2) is 18.2 Å². The third kappa shape index (κ3) is 4.25. The van der Waals surface area contributed by atoms with E-state index in [0.29, 0.717) is 18.6 Å². The van der Waals surface area contributed by atoms with E-state index in [0.717, 1.165) is 49.2 Å². The van der Waals surface area contributed by atoms with Crippen LogP contribution < -0.4 is 20.3 Å². The van der Waals surface area contributed by atoms with Crippen LogP contribution in [-0.2, 0) is 11.3 Å². The third-order valence-corrected chi connectivity index (χ3v) is 5.02. The molecule has 25 heavy (non-hydrogen) atoms. The van der Waals surface area contributed by atoms with Gasteiger partial charge in [0.2, 0.25) is 5.91 Å². The van der Waals surface area contributed by atoms with Crippen LogP contribution in [0.3, 0.4) is 0 Å². The molecule has 138 valence electrons. The van der Waals surface area contributed by atoms with Crippen molar-refractivity contribution >= 4 is 5.91 Å². The predicted molar refractivity (Wildman–Crippen MR) is 96.5 cm³/mol. The number of hydrogen-bond acceptors (Lipinski definition) is 5. The minimum atomic E-state index is -0.145. The van der Waals surface area contributed by atoms with Crippen molar-refractivity contribution in [3.8, 4) is 11.5 Å². The Labute approximate surface area is 149 Å². The number of carbonyl (C=O) groups is 1. The highest BCUT2D eigenvalue weighted by molar-refractivity contribution is 5.83. The molecular weight excluding hydrogens is 318 g/mol. The molecular formula is C19H29N3O3.